The van der Waals surface area contributed by atoms with Gasteiger partial charge in [-0.2, -0.15) is 0 Å². The lowest BCUT2D eigenvalue weighted by Gasteiger charge is -2.43. The fourth-order valence-corrected chi connectivity index (χ4v) is 3.36. The molecule has 2 unspecified atom stereocenters. The van der Waals surface area contributed by atoms with Gasteiger partial charge in [0.2, 0.25) is 0 Å². The fraction of sp³-hybridized carbons (Fsp3) is 0.625. The van der Waals surface area contributed by atoms with Gasteiger partial charge >= 0.3 is 0 Å². The van der Waals surface area contributed by atoms with Gasteiger partial charge in [0.25, 0.3) is 5.91 Å². The Kier molecular flexibility index (Phi) is 4.39. The lowest BCUT2D eigenvalue weighted by Crippen LogP contribution is -2.54. The molecule has 1 saturated carbocycles. The van der Waals surface area contributed by atoms with Crippen LogP contribution in [0.3, 0.4) is 0 Å². The maximum atomic E-state index is 12.8. The number of rotatable bonds is 3. The Balaban J connectivity index is 1.78. The van der Waals surface area contributed by atoms with Crippen LogP contribution in [0.5, 0.6) is 0 Å². The number of anilines is 1. The quantitative estimate of drug-likeness (QED) is 0.927. The molecule has 0 aromatic carbocycles. The summed E-state index contributed by atoms with van der Waals surface area (Å²) in [6.45, 7) is 4.18. The van der Waals surface area contributed by atoms with Crippen molar-refractivity contribution in [2.75, 3.05) is 25.0 Å². The predicted octanol–water partition coefficient (Wildman–Crippen LogP) is 2.30. The minimum absolute atomic E-state index is 0.0370. The van der Waals surface area contributed by atoms with Crippen molar-refractivity contribution in [2.45, 2.75) is 44.8 Å². The number of nitrogens with one attached hydrogen (secondary N) is 1. The molecule has 1 saturated heterocycles. The average molecular weight is 289 g/mol. The predicted molar refractivity (Wildman–Crippen MR) is 81.4 cm³/mol. The van der Waals surface area contributed by atoms with E-state index < -0.39 is 0 Å². The Morgan fingerprint density at radius 2 is 2.33 bits per heavy atom. The van der Waals surface area contributed by atoms with E-state index in [-0.39, 0.29) is 18.1 Å². The standard InChI is InChI=1S/C16H23N3O2/c1-2-17-12-7-8-18-13(11-12)16(20)19-9-10-21-15-6-4-3-5-14(15)19/h7-8,11,14-15H,2-6,9-10H2,1H3,(H,17,18). The SMILES string of the molecule is CCNc1ccnc(C(=O)N2CCOC3CCCCC32)c1. The monoisotopic (exact) mass is 289 g/mol. The van der Waals surface area contributed by atoms with Crippen molar-refractivity contribution in [3.63, 3.8) is 0 Å². The Hall–Kier alpha value is -1.62. The highest BCUT2D eigenvalue weighted by atomic mass is 16.5. The maximum absolute atomic E-state index is 12.8. The fourth-order valence-electron chi connectivity index (χ4n) is 3.36. The zero-order chi connectivity index (χ0) is 14.7. The summed E-state index contributed by atoms with van der Waals surface area (Å²) in [5, 5.41) is 3.23. The van der Waals surface area contributed by atoms with Gasteiger partial charge in [0, 0.05) is 25.0 Å². The van der Waals surface area contributed by atoms with E-state index in [1.807, 2.05) is 24.0 Å². The third kappa shape index (κ3) is 3.02. The number of hydrogen-bond donors (Lipinski definition) is 1. The summed E-state index contributed by atoms with van der Waals surface area (Å²) in [6, 6.07) is 3.96. The number of pyridine rings is 1. The molecule has 1 N–H and O–H groups in total. The van der Waals surface area contributed by atoms with Gasteiger partial charge in [0.15, 0.2) is 0 Å². The first-order chi connectivity index (χ1) is 10.3. The second-order valence-electron chi connectivity index (χ2n) is 5.72. The van der Waals surface area contributed by atoms with Gasteiger partial charge in [0.05, 0.1) is 18.8 Å². The molecular formula is C16H23N3O2. The van der Waals surface area contributed by atoms with Gasteiger partial charge in [-0.15, -0.1) is 0 Å². The number of nitrogens with zero attached hydrogens (tertiary/aromatic N) is 2. The zero-order valence-corrected chi connectivity index (χ0v) is 12.5. The summed E-state index contributed by atoms with van der Waals surface area (Å²) in [7, 11) is 0. The summed E-state index contributed by atoms with van der Waals surface area (Å²) in [4.78, 5) is 19.0. The van der Waals surface area contributed by atoms with Crippen LogP contribution >= 0.6 is 0 Å². The van der Waals surface area contributed by atoms with Gasteiger partial charge in [-0.3, -0.25) is 9.78 Å². The highest BCUT2D eigenvalue weighted by Crippen LogP contribution is 2.29. The minimum Gasteiger partial charge on any atom is -0.385 e. The van der Waals surface area contributed by atoms with Gasteiger partial charge in [-0.25, -0.2) is 0 Å². The number of amides is 1. The second kappa shape index (κ2) is 6.43. The molecule has 3 rings (SSSR count). The van der Waals surface area contributed by atoms with E-state index >= 15 is 0 Å². The lowest BCUT2D eigenvalue weighted by molar-refractivity contribution is -0.0754. The first-order valence-electron chi connectivity index (χ1n) is 7.92. The molecule has 1 amide bonds. The lowest BCUT2D eigenvalue weighted by atomic mass is 9.90. The molecule has 21 heavy (non-hydrogen) atoms. The van der Waals surface area contributed by atoms with E-state index in [4.69, 9.17) is 4.74 Å². The van der Waals surface area contributed by atoms with E-state index in [1.165, 1.54) is 12.8 Å². The van der Waals surface area contributed by atoms with E-state index in [0.717, 1.165) is 25.1 Å². The smallest absolute Gasteiger partial charge is 0.272 e. The molecule has 1 aromatic rings. The first-order valence-corrected chi connectivity index (χ1v) is 7.92. The van der Waals surface area contributed by atoms with Gasteiger partial charge in [0.1, 0.15) is 5.69 Å². The molecule has 0 spiro atoms. The number of fused-ring (bicyclic) bond motifs is 1. The largest absolute Gasteiger partial charge is 0.385 e. The summed E-state index contributed by atoms with van der Waals surface area (Å²) < 4.78 is 5.83. The van der Waals surface area contributed by atoms with Gasteiger partial charge < -0.3 is 15.0 Å². The van der Waals surface area contributed by atoms with E-state index in [1.54, 1.807) is 6.20 Å². The Morgan fingerprint density at radius 3 is 3.19 bits per heavy atom. The molecule has 1 aliphatic carbocycles. The molecule has 2 heterocycles. The molecule has 0 radical (unpaired) electrons. The normalized spacial score (nSPS) is 25.3. The number of ether oxygens (including phenoxy) is 1. The highest BCUT2D eigenvalue weighted by molar-refractivity contribution is 5.93. The van der Waals surface area contributed by atoms with E-state index in [0.29, 0.717) is 18.8 Å². The first kappa shape index (κ1) is 14.3. The third-order valence-electron chi connectivity index (χ3n) is 4.35. The van der Waals surface area contributed by atoms with Crippen LogP contribution in [0, 0.1) is 0 Å². The van der Waals surface area contributed by atoms with Crippen LogP contribution in [0.15, 0.2) is 18.3 Å². The number of hydrogen-bond acceptors (Lipinski definition) is 4. The van der Waals surface area contributed by atoms with Crippen molar-refractivity contribution >= 4 is 11.6 Å². The number of carbonyl (C=O) groups excluding carboxylic acids is 1. The molecule has 0 bridgehead atoms. The third-order valence-corrected chi connectivity index (χ3v) is 4.35. The molecule has 1 aliphatic heterocycles. The topological polar surface area (TPSA) is 54.5 Å². The van der Waals surface area contributed by atoms with Crippen molar-refractivity contribution in [3.8, 4) is 0 Å². The van der Waals surface area contributed by atoms with E-state index in [2.05, 4.69) is 10.3 Å². The zero-order valence-electron chi connectivity index (χ0n) is 12.5. The molecule has 1 aromatic heterocycles. The molecule has 5 heteroatoms. The van der Waals surface area contributed by atoms with Crippen LogP contribution in [0.25, 0.3) is 0 Å². The molecule has 114 valence electrons. The minimum atomic E-state index is 0.0370. The van der Waals surface area contributed by atoms with Crippen molar-refractivity contribution in [1.82, 2.24) is 9.88 Å². The van der Waals surface area contributed by atoms with Crippen LogP contribution in [-0.4, -0.2) is 47.6 Å². The Bertz CT molecular complexity index is 504. The molecule has 2 fully saturated rings. The molecule has 5 nitrogen and oxygen atoms in total. The number of aromatic nitrogens is 1. The Labute approximate surface area is 125 Å². The van der Waals surface area contributed by atoms with Crippen LogP contribution in [0.1, 0.15) is 43.1 Å². The van der Waals surface area contributed by atoms with Crippen molar-refractivity contribution in [2.24, 2.45) is 0 Å². The molecule has 2 aliphatic rings. The van der Waals surface area contributed by atoms with Crippen molar-refractivity contribution < 1.29 is 9.53 Å². The Morgan fingerprint density at radius 1 is 1.48 bits per heavy atom. The van der Waals surface area contributed by atoms with Crippen LogP contribution in [0.2, 0.25) is 0 Å². The van der Waals surface area contributed by atoms with Crippen LogP contribution in [0.4, 0.5) is 5.69 Å². The number of morpholine rings is 1. The second-order valence-corrected chi connectivity index (χ2v) is 5.72. The van der Waals surface area contributed by atoms with Crippen molar-refractivity contribution in [1.29, 1.82) is 0 Å². The highest BCUT2D eigenvalue weighted by Gasteiger charge is 2.37. The average Bonchev–Trinajstić information content (AvgIpc) is 2.54. The van der Waals surface area contributed by atoms with Gasteiger partial charge in [-0.1, -0.05) is 12.8 Å². The number of carbonyl (C=O) groups is 1. The molecule has 2 atom stereocenters. The summed E-state index contributed by atoms with van der Waals surface area (Å²) >= 11 is 0. The van der Waals surface area contributed by atoms with Crippen LogP contribution < -0.4 is 5.32 Å². The molecular weight excluding hydrogens is 266 g/mol. The van der Waals surface area contributed by atoms with Gasteiger partial charge in [-0.05, 0) is 31.9 Å². The summed E-state index contributed by atoms with van der Waals surface area (Å²) in [5.74, 6) is 0.0370. The summed E-state index contributed by atoms with van der Waals surface area (Å²) in [6.07, 6.45) is 6.41. The summed E-state index contributed by atoms with van der Waals surface area (Å²) in [5.41, 5.74) is 1.48. The van der Waals surface area contributed by atoms with Crippen molar-refractivity contribution in [3.05, 3.63) is 24.0 Å². The van der Waals surface area contributed by atoms with Crippen LogP contribution in [-0.2, 0) is 4.74 Å². The maximum Gasteiger partial charge on any atom is 0.272 e. The van der Waals surface area contributed by atoms with E-state index in [9.17, 15) is 4.79 Å².